The van der Waals surface area contributed by atoms with Crippen LogP contribution in [0.5, 0.6) is 0 Å². The second-order valence-corrected chi connectivity index (χ2v) is 6.41. The van der Waals surface area contributed by atoms with Crippen LogP contribution in [0.15, 0.2) is 48.5 Å². The molecule has 0 bridgehead atoms. The van der Waals surface area contributed by atoms with Crippen molar-refractivity contribution in [3.05, 3.63) is 64.7 Å². The molecule has 2 aromatic carbocycles. The highest BCUT2D eigenvalue weighted by Gasteiger charge is 2.38. The number of benzene rings is 2. The summed E-state index contributed by atoms with van der Waals surface area (Å²) in [7, 11) is 0. The number of nitrogens with zero attached hydrogens (tertiary/aromatic N) is 1. The van der Waals surface area contributed by atoms with Crippen molar-refractivity contribution in [2.24, 2.45) is 0 Å². The number of ether oxygens (including phenoxy) is 1. The molecule has 1 N–H and O–H groups in total. The van der Waals surface area contributed by atoms with Crippen LogP contribution in [-0.2, 0) is 4.74 Å². The van der Waals surface area contributed by atoms with Crippen LogP contribution >= 0.6 is 23.8 Å². The van der Waals surface area contributed by atoms with Gasteiger partial charge in [0, 0.05) is 10.7 Å². The minimum atomic E-state index is -0.447. The second kappa shape index (κ2) is 7.21. The molecule has 0 aromatic heterocycles. The summed E-state index contributed by atoms with van der Waals surface area (Å²) in [6, 6.07) is 13.3. The zero-order valence-corrected chi connectivity index (χ0v) is 14.9. The molecular weight excluding hydrogens is 360 g/mol. The molecule has 2 amide bonds. The fraction of sp³-hybridized carbons (Fsp3) is 0.167. The Morgan fingerprint density at radius 1 is 1.12 bits per heavy atom. The molecule has 0 fully saturated rings. The first-order valence-electron chi connectivity index (χ1n) is 7.63. The number of thiocarbonyl (C=S) groups is 1. The molecule has 1 atom stereocenters. The van der Waals surface area contributed by atoms with Crippen molar-refractivity contribution in [2.45, 2.75) is 13.0 Å². The summed E-state index contributed by atoms with van der Waals surface area (Å²) >= 11 is 11.0. The van der Waals surface area contributed by atoms with E-state index in [1.807, 2.05) is 0 Å². The van der Waals surface area contributed by atoms with Crippen LogP contribution in [0.2, 0.25) is 5.02 Å². The van der Waals surface area contributed by atoms with Gasteiger partial charge in [-0.05, 0) is 55.5 Å². The largest absolute Gasteiger partial charge is 0.469 e. The van der Waals surface area contributed by atoms with Crippen LogP contribution in [-0.4, -0.2) is 34.5 Å². The molecule has 0 aliphatic carbocycles. The van der Waals surface area contributed by atoms with Crippen molar-refractivity contribution in [3.63, 3.8) is 0 Å². The third kappa shape index (κ3) is 3.65. The summed E-state index contributed by atoms with van der Waals surface area (Å²) in [6.45, 7) is 1.84. The lowest BCUT2D eigenvalue weighted by molar-refractivity contribution is 0.0547. The average molecular weight is 375 g/mol. The lowest BCUT2D eigenvalue weighted by atomic mass is 10.1. The Bertz CT molecular complexity index is 803. The Labute approximate surface area is 155 Å². The van der Waals surface area contributed by atoms with E-state index in [9.17, 15) is 9.59 Å². The van der Waals surface area contributed by atoms with Crippen molar-refractivity contribution < 1.29 is 14.3 Å². The molecule has 1 heterocycles. The number of rotatable bonds is 4. The predicted octanol–water partition coefficient (Wildman–Crippen LogP) is 3.74. The lowest BCUT2D eigenvalue weighted by Crippen LogP contribution is -2.41. The van der Waals surface area contributed by atoms with E-state index in [-0.39, 0.29) is 23.6 Å². The van der Waals surface area contributed by atoms with Gasteiger partial charge in [0.15, 0.2) is 0 Å². The Morgan fingerprint density at radius 3 is 2.24 bits per heavy atom. The highest BCUT2D eigenvalue weighted by Crippen LogP contribution is 2.24. The van der Waals surface area contributed by atoms with Crippen LogP contribution in [0.25, 0.3) is 0 Å². The van der Waals surface area contributed by atoms with Gasteiger partial charge in [0.05, 0.1) is 17.2 Å². The highest BCUT2D eigenvalue weighted by molar-refractivity contribution is 7.80. The van der Waals surface area contributed by atoms with Gasteiger partial charge in [-0.15, -0.1) is 0 Å². The lowest BCUT2D eigenvalue weighted by Gasteiger charge is -2.22. The quantitative estimate of drug-likeness (QED) is 0.652. The molecular formula is C18H15ClN2O3S. The van der Waals surface area contributed by atoms with Crippen molar-refractivity contribution in [1.29, 1.82) is 0 Å². The molecule has 0 unspecified atom stereocenters. The molecule has 5 nitrogen and oxygen atoms in total. The molecule has 0 saturated heterocycles. The zero-order chi connectivity index (χ0) is 18.0. The van der Waals surface area contributed by atoms with E-state index in [1.54, 1.807) is 55.5 Å². The summed E-state index contributed by atoms with van der Waals surface area (Å²) in [6.07, 6.45) is 0. The minimum Gasteiger partial charge on any atom is -0.469 e. The number of carbonyl (C=O) groups is 2. The number of fused-ring (bicyclic) bond motifs is 1. The van der Waals surface area contributed by atoms with Crippen LogP contribution in [0.3, 0.4) is 0 Å². The molecule has 7 heteroatoms. The van der Waals surface area contributed by atoms with Gasteiger partial charge in [-0.1, -0.05) is 23.7 Å². The van der Waals surface area contributed by atoms with Gasteiger partial charge in [-0.2, -0.15) is 0 Å². The number of anilines is 1. The zero-order valence-electron chi connectivity index (χ0n) is 13.4. The number of hydrogen-bond donors (Lipinski definition) is 1. The van der Waals surface area contributed by atoms with Crippen LogP contribution in [0, 0.1) is 0 Å². The normalized spacial score (nSPS) is 14.2. The van der Waals surface area contributed by atoms with Gasteiger partial charge < -0.3 is 10.1 Å². The van der Waals surface area contributed by atoms with Gasteiger partial charge in [0.1, 0.15) is 6.61 Å². The standard InChI is InChI=1S/C18H15ClN2O3S/c1-11(10-24-18(25)20-13-8-6-12(19)7-9-13)21-16(22)14-4-2-3-5-15(14)17(21)23/h2-9,11H,10H2,1H3,(H,20,25)/t11-/m0/s1. The maximum atomic E-state index is 12.4. The SMILES string of the molecule is C[C@@H](COC(=S)Nc1ccc(Cl)cc1)N1C(=O)c2ccccc2C1=O. The van der Waals surface area contributed by atoms with E-state index < -0.39 is 6.04 Å². The maximum Gasteiger partial charge on any atom is 0.261 e. The van der Waals surface area contributed by atoms with E-state index in [4.69, 9.17) is 28.6 Å². The first-order valence-corrected chi connectivity index (χ1v) is 8.42. The van der Waals surface area contributed by atoms with Gasteiger partial charge in [-0.25, -0.2) is 0 Å². The highest BCUT2D eigenvalue weighted by atomic mass is 35.5. The molecule has 0 spiro atoms. The third-order valence-corrected chi connectivity index (χ3v) is 4.28. The summed E-state index contributed by atoms with van der Waals surface area (Å²) in [5.41, 5.74) is 1.57. The van der Waals surface area contributed by atoms with Crippen LogP contribution in [0.1, 0.15) is 27.6 Å². The van der Waals surface area contributed by atoms with Crippen LogP contribution < -0.4 is 5.32 Å². The fourth-order valence-electron chi connectivity index (χ4n) is 2.57. The molecule has 0 radical (unpaired) electrons. The number of hydrogen-bond acceptors (Lipinski definition) is 4. The van der Waals surface area contributed by atoms with E-state index in [1.165, 1.54) is 4.90 Å². The van der Waals surface area contributed by atoms with E-state index in [0.29, 0.717) is 16.1 Å². The second-order valence-electron chi connectivity index (χ2n) is 5.61. The Kier molecular flexibility index (Phi) is 5.01. The molecule has 128 valence electrons. The summed E-state index contributed by atoms with van der Waals surface area (Å²) in [4.78, 5) is 26.0. The van der Waals surface area contributed by atoms with Crippen molar-refractivity contribution in [2.75, 3.05) is 11.9 Å². The van der Waals surface area contributed by atoms with Crippen LogP contribution in [0.4, 0.5) is 5.69 Å². The maximum absolute atomic E-state index is 12.4. The first kappa shape index (κ1) is 17.4. The monoisotopic (exact) mass is 374 g/mol. The van der Waals surface area contributed by atoms with Gasteiger partial charge in [0.2, 0.25) is 0 Å². The smallest absolute Gasteiger partial charge is 0.261 e. The molecule has 3 rings (SSSR count). The number of imide groups is 1. The van der Waals surface area contributed by atoms with Gasteiger partial charge in [0.25, 0.3) is 17.0 Å². The van der Waals surface area contributed by atoms with Crippen molar-refractivity contribution in [3.8, 4) is 0 Å². The summed E-state index contributed by atoms with van der Waals surface area (Å²) in [5, 5.41) is 3.70. The number of halogens is 1. The molecule has 2 aromatic rings. The number of nitrogens with one attached hydrogen (secondary N) is 1. The van der Waals surface area contributed by atoms with E-state index >= 15 is 0 Å². The number of carbonyl (C=O) groups excluding carboxylic acids is 2. The first-order chi connectivity index (χ1) is 12.0. The topological polar surface area (TPSA) is 58.6 Å². The Hall–Kier alpha value is -2.44. The summed E-state index contributed by atoms with van der Waals surface area (Å²) in [5.74, 6) is -0.624. The van der Waals surface area contributed by atoms with E-state index in [0.717, 1.165) is 5.69 Å². The summed E-state index contributed by atoms with van der Waals surface area (Å²) < 4.78 is 5.49. The van der Waals surface area contributed by atoms with Crippen molar-refractivity contribution >= 4 is 46.5 Å². The Balaban J connectivity index is 1.59. The molecule has 1 aliphatic rings. The fourth-order valence-corrected chi connectivity index (χ4v) is 2.88. The van der Waals surface area contributed by atoms with Gasteiger partial charge >= 0.3 is 0 Å². The molecule has 0 saturated carbocycles. The predicted molar refractivity (Wildman–Crippen MR) is 100 cm³/mol. The molecule has 1 aliphatic heterocycles. The van der Waals surface area contributed by atoms with Crippen molar-refractivity contribution in [1.82, 2.24) is 4.90 Å². The Morgan fingerprint density at radius 2 is 1.68 bits per heavy atom. The average Bonchev–Trinajstić information content (AvgIpc) is 2.86. The van der Waals surface area contributed by atoms with E-state index in [2.05, 4.69) is 5.32 Å². The number of amides is 2. The van der Waals surface area contributed by atoms with Gasteiger partial charge in [-0.3, -0.25) is 14.5 Å². The molecule has 25 heavy (non-hydrogen) atoms. The third-order valence-electron chi connectivity index (χ3n) is 3.81. The minimum absolute atomic E-state index is 0.102.